The van der Waals surface area contributed by atoms with Gasteiger partial charge >= 0.3 is 6.03 Å². The van der Waals surface area contributed by atoms with E-state index in [0.717, 1.165) is 43.5 Å². The van der Waals surface area contributed by atoms with E-state index >= 15 is 0 Å². The fourth-order valence-electron chi connectivity index (χ4n) is 3.94. The number of imidazole rings is 1. The summed E-state index contributed by atoms with van der Waals surface area (Å²) in [5, 5.41) is 2.81. The molecule has 1 aliphatic carbocycles. The van der Waals surface area contributed by atoms with Crippen molar-refractivity contribution in [3.63, 3.8) is 0 Å². The Morgan fingerprint density at radius 2 is 2.00 bits per heavy atom. The topological polar surface area (TPSA) is 87.5 Å². The Balaban J connectivity index is 1.44. The van der Waals surface area contributed by atoms with Crippen LogP contribution in [0, 0.1) is 0 Å². The van der Waals surface area contributed by atoms with Crippen LogP contribution in [0.4, 0.5) is 4.79 Å². The Morgan fingerprint density at radius 3 is 2.69 bits per heavy atom. The molecule has 1 saturated carbocycles. The number of rotatable bonds is 7. The summed E-state index contributed by atoms with van der Waals surface area (Å²) in [7, 11) is 1.68. The summed E-state index contributed by atoms with van der Waals surface area (Å²) in [4.78, 5) is 44.1. The van der Waals surface area contributed by atoms with E-state index in [1.807, 2.05) is 10.8 Å². The highest BCUT2D eigenvalue weighted by Crippen LogP contribution is 2.39. The number of carbonyl (C=O) groups excluding carboxylic acids is 3. The average molecular weight is 361 g/mol. The third-order valence-electron chi connectivity index (χ3n) is 5.51. The van der Waals surface area contributed by atoms with Crippen molar-refractivity contribution < 1.29 is 14.4 Å². The van der Waals surface area contributed by atoms with Crippen molar-refractivity contribution in [2.24, 2.45) is 0 Å². The highest BCUT2D eigenvalue weighted by atomic mass is 16.2. The van der Waals surface area contributed by atoms with Crippen molar-refractivity contribution in [3.8, 4) is 0 Å². The molecule has 4 amide bonds. The van der Waals surface area contributed by atoms with E-state index in [9.17, 15) is 14.4 Å². The number of unbranched alkanes of at least 4 members (excludes halogenated alkanes) is 1. The molecule has 0 radical (unpaired) electrons. The van der Waals surface area contributed by atoms with Crippen LogP contribution in [0.3, 0.4) is 0 Å². The van der Waals surface area contributed by atoms with Gasteiger partial charge in [-0.15, -0.1) is 0 Å². The Labute approximate surface area is 153 Å². The average Bonchev–Trinajstić information content (AvgIpc) is 3.22. The normalized spacial score (nSPS) is 19.4. The molecule has 0 unspecified atom stereocenters. The van der Waals surface area contributed by atoms with Crippen LogP contribution >= 0.6 is 0 Å². The van der Waals surface area contributed by atoms with Crippen molar-refractivity contribution in [1.29, 1.82) is 0 Å². The molecular formula is C18H27N5O3. The van der Waals surface area contributed by atoms with Gasteiger partial charge in [-0.3, -0.25) is 14.5 Å². The van der Waals surface area contributed by atoms with Crippen LogP contribution in [-0.2, 0) is 16.1 Å². The number of likely N-dealkylation sites (N-methyl/N-ethyl adjacent to an activating group) is 1. The van der Waals surface area contributed by atoms with Gasteiger partial charge in [-0.25, -0.2) is 9.78 Å². The number of nitrogens with one attached hydrogen (secondary N) is 1. The molecule has 0 atom stereocenters. The largest absolute Gasteiger partial charge is 0.355 e. The zero-order valence-electron chi connectivity index (χ0n) is 15.3. The second kappa shape index (κ2) is 7.88. The lowest BCUT2D eigenvalue weighted by atomic mass is 9.81. The molecule has 1 aromatic rings. The molecule has 3 rings (SSSR count). The van der Waals surface area contributed by atoms with Crippen molar-refractivity contribution in [2.45, 2.75) is 57.0 Å². The maximum Gasteiger partial charge on any atom is 0.327 e. The molecule has 0 aromatic carbocycles. The SMILES string of the molecule is CN1C(=O)N(CC(=O)NCCCCn2ccnc2)C(=O)C12CCCCC2. The summed E-state index contributed by atoms with van der Waals surface area (Å²) >= 11 is 0. The molecule has 2 fully saturated rings. The summed E-state index contributed by atoms with van der Waals surface area (Å²) in [6.07, 6.45) is 11.5. The smallest absolute Gasteiger partial charge is 0.327 e. The monoisotopic (exact) mass is 361 g/mol. The molecule has 2 heterocycles. The van der Waals surface area contributed by atoms with Gasteiger partial charge in [-0.2, -0.15) is 0 Å². The van der Waals surface area contributed by atoms with E-state index in [0.29, 0.717) is 19.4 Å². The number of aromatic nitrogens is 2. The Hall–Kier alpha value is -2.38. The third kappa shape index (κ3) is 3.59. The lowest BCUT2D eigenvalue weighted by Crippen LogP contribution is -2.49. The fraction of sp³-hybridized carbons (Fsp3) is 0.667. The van der Waals surface area contributed by atoms with Gasteiger partial charge in [0.25, 0.3) is 5.91 Å². The van der Waals surface area contributed by atoms with Gasteiger partial charge in [0.2, 0.25) is 5.91 Å². The second-order valence-electron chi connectivity index (χ2n) is 7.18. The first-order valence-corrected chi connectivity index (χ1v) is 9.37. The highest BCUT2D eigenvalue weighted by Gasteiger charge is 2.55. The Bertz CT molecular complexity index is 652. The quantitative estimate of drug-likeness (QED) is 0.587. The van der Waals surface area contributed by atoms with Crippen LogP contribution in [-0.4, -0.2) is 62.9 Å². The molecule has 1 N–H and O–H groups in total. The van der Waals surface area contributed by atoms with Crippen molar-refractivity contribution in [3.05, 3.63) is 18.7 Å². The van der Waals surface area contributed by atoms with Gasteiger partial charge in [-0.1, -0.05) is 19.3 Å². The number of imide groups is 1. The van der Waals surface area contributed by atoms with E-state index in [2.05, 4.69) is 10.3 Å². The van der Waals surface area contributed by atoms with E-state index in [1.165, 1.54) is 0 Å². The summed E-state index contributed by atoms with van der Waals surface area (Å²) in [5.74, 6) is -0.490. The molecule has 26 heavy (non-hydrogen) atoms. The molecule has 8 nitrogen and oxygen atoms in total. The van der Waals surface area contributed by atoms with Gasteiger partial charge in [0, 0.05) is 32.5 Å². The summed E-state index contributed by atoms with van der Waals surface area (Å²) in [6.45, 7) is 1.20. The summed E-state index contributed by atoms with van der Waals surface area (Å²) in [6, 6.07) is -0.354. The molecule has 0 bridgehead atoms. The number of hydrogen-bond donors (Lipinski definition) is 1. The van der Waals surface area contributed by atoms with Gasteiger partial charge < -0.3 is 14.8 Å². The number of amides is 4. The number of carbonyl (C=O) groups is 3. The minimum atomic E-state index is -0.722. The molecule has 1 aromatic heterocycles. The molecule has 1 saturated heterocycles. The van der Waals surface area contributed by atoms with Gasteiger partial charge in [0.15, 0.2) is 0 Å². The van der Waals surface area contributed by atoms with E-state index in [-0.39, 0.29) is 24.4 Å². The van der Waals surface area contributed by atoms with E-state index in [1.54, 1.807) is 24.5 Å². The molecule has 1 spiro atoms. The minimum Gasteiger partial charge on any atom is -0.355 e. The van der Waals surface area contributed by atoms with Crippen molar-refractivity contribution >= 4 is 17.8 Å². The number of aryl methyl sites for hydroxylation is 1. The molecule has 8 heteroatoms. The predicted octanol–water partition coefficient (Wildman–Crippen LogP) is 1.38. The molecule has 142 valence electrons. The van der Waals surface area contributed by atoms with Gasteiger partial charge in [-0.05, 0) is 25.7 Å². The molecule has 2 aliphatic rings. The minimum absolute atomic E-state index is 0.189. The Morgan fingerprint density at radius 1 is 1.23 bits per heavy atom. The predicted molar refractivity (Wildman–Crippen MR) is 95.2 cm³/mol. The van der Waals surface area contributed by atoms with Crippen LogP contribution in [0.25, 0.3) is 0 Å². The maximum atomic E-state index is 12.8. The van der Waals surface area contributed by atoms with Crippen LogP contribution in [0.1, 0.15) is 44.9 Å². The van der Waals surface area contributed by atoms with Crippen LogP contribution in [0.2, 0.25) is 0 Å². The van der Waals surface area contributed by atoms with Crippen molar-refractivity contribution in [2.75, 3.05) is 20.1 Å². The Kier molecular flexibility index (Phi) is 5.58. The summed E-state index contributed by atoms with van der Waals surface area (Å²) < 4.78 is 1.99. The standard InChI is InChI=1S/C18H27N5O3/c1-21-17(26)23(16(25)18(21)7-3-2-4-8-18)13-15(24)20-9-5-6-11-22-12-10-19-14-22/h10,12,14H,2-9,11,13H2,1H3,(H,20,24). The van der Waals surface area contributed by atoms with Gasteiger partial charge in [0.05, 0.1) is 6.33 Å². The highest BCUT2D eigenvalue weighted by molar-refractivity contribution is 6.08. The lowest BCUT2D eigenvalue weighted by Gasteiger charge is -2.35. The van der Waals surface area contributed by atoms with E-state index in [4.69, 9.17) is 0 Å². The van der Waals surface area contributed by atoms with Gasteiger partial charge in [0.1, 0.15) is 12.1 Å². The molecule has 1 aliphatic heterocycles. The summed E-state index contributed by atoms with van der Waals surface area (Å²) in [5.41, 5.74) is -0.722. The lowest BCUT2D eigenvalue weighted by molar-refractivity contribution is -0.137. The zero-order chi connectivity index (χ0) is 18.6. The fourth-order valence-corrected chi connectivity index (χ4v) is 3.94. The van der Waals surface area contributed by atoms with E-state index < -0.39 is 5.54 Å². The van der Waals surface area contributed by atoms with Crippen LogP contribution in [0.5, 0.6) is 0 Å². The number of urea groups is 1. The van der Waals surface area contributed by atoms with Crippen molar-refractivity contribution in [1.82, 2.24) is 24.7 Å². The third-order valence-corrected chi connectivity index (χ3v) is 5.51. The molecular weight excluding hydrogens is 334 g/mol. The van der Waals surface area contributed by atoms with Crippen LogP contribution < -0.4 is 5.32 Å². The number of hydrogen-bond acceptors (Lipinski definition) is 4. The zero-order valence-corrected chi connectivity index (χ0v) is 15.3. The second-order valence-corrected chi connectivity index (χ2v) is 7.18. The first kappa shape index (κ1) is 18.4. The maximum absolute atomic E-state index is 12.8. The number of nitrogens with zero attached hydrogens (tertiary/aromatic N) is 4. The first-order chi connectivity index (χ1) is 12.5. The first-order valence-electron chi connectivity index (χ1n) is 9.37. The van der Waals surface area contributed by atoms with Crippen LogP contribution in [0.15, 0.2) is 18.7 Å².